The van der Waals surface area contributed by atoms with Gasteiger partial charge in [0.2, 0.25) is 0 Å². The van der Waals surface area contributed by atoms with Crippen LogP contribution in [0.1, 0.15) is 16.7 Å². The molecule has 0 atom stereocenters. The van der Waals surface area contributed by atoms with E-state index in [1.165, 1.54) is 16.7 Å². The van der Waals surface area contributed by atoms with Gasteiger partial charge in [-0.1, -0.05) is 17.7 Å². The highest BCUT2D eigenvalue weighted by atomic mass is 16.6. The van der Waals surface area contributed by atoms with Crippen molar-refractivity contribution in [2.45, 2.75) is 20.8 Å². The molecule has 0 fully saturated rings. The Labute approximate surface area is 122 Å². The first-order valence-electron chi connectivity index (χ1n) is 6.86. The zero-order chi connectivity index (χ0) is 14.6. The van der Waals surface area contributed by atoms with Crippen LogP contribution < -0.4 is 9.64 Å². The first-order chi connectivity index (χ1) is 10.1. The highest BCUT2D eigenvalue weighted by Crippen LogP contribution is 2.52. The van der Waals surface area contributed by atoms with Crippen LogP contribution in [0.3, 0.4) is 0 Å². The van der Waals surface area contributed by atoms with E-state index >= 15 is 0 Å². The first kappa shape index (κ1) is 12.1. The molecule has 4 rings (SSSR count). The lowest BCUT2D eigenvalue weighted by Gasteiger charge is -2.29. The zero-order valence-corrected chi connectivity index (χ0v) is 12.1. The molecule has 0 unspecified atom stereocenters. The van der Waals surface area contributed by atoms with Crippen LogP contribution in [-0.4, -0.2) is 0 Å². The maximum Gasteiger partial charge on any atom is 0.317 e. The third kappa shape index (κ3) is 1.69. The van der Waals surface area contributed by atoms with E-state index in [1.54, 1.807) is 12.5 Å². The van der Waals surface area contributed by atoms with Crippen LogP contribution in [0.2, 0.25) is 0 Å². The van der Waals surface area contributed by atoms with E-state index in [4.69, 9.17) is 13.6 Å². The van der Waals surface area contributed by atoms with Crippen LogP contribution in [0.4, 0.5) is 17.1 Å². The van der Waals surface area contributed by atoms with E-state index in [2.05, 4.69) is 37.8 Å². The highest BCUT2D eigenvalue weighted by molar-refractivity contribution is 5.86. The average molecular weight is 281 g/mol. The molecule has 0 spiro atoms. The third-order valence-electron chi connectivity index (χ3n) is 3.75. The van der Waals surface area contributed by atoms with Gasteiger partial charge in [0, 0.05) is 12.1 Å². The predicted octanol–water partition coefficient (Wildman–Crippen LogP) is 5.37. The SMILES string of the molecule is Cc1cc(C)c(N2c3ccoc3Oc3occc32)c(C)c1. The number of hydrogen-bond donors (Lipinski definition) is 0. The van der Waals surface area contributed by atoms with Crippen molar-refractivity contribution < 1.29 is 13.6 Å². The van der Waals surface area contributed by atoms with Gasteiger partial charge in [0.15, 0.2) is 0 Å². The van der Waals surface area contributed by atoms with Crippen molar-refractivity contribution in [3.05, 3.63) is 53.5 Å². The minimum absolute atomic E-state index is 0.455. The number of benzene rings is 1. The minimum Gasteiger partial charge on any atom is -0.432 e. The number of rotatable bonds is 1. The van der Waals surface area contributed by atoms with E-state index in [0.717, 1.165) is 17.1 Å². The number of aryl methyl sites for hydroxylation is 3. The second-order valence-electron chi connectivity index (χ2n) is 5.37. The van der Waals surface area contributed by atoms with Gasteiger partial charge in [-0.2, -0.15) is 0 Å². The Morgan fingerprint density at radius 2 is 1.33 bits per heavy atom. The number of fused-ring (bicyclic) bond motifs is 2. The summed E-state index contributed by atoms with van der Waals surface area (Å²) in [6, 6.07) is 8.17. The van der Waals surface area contributed by atoms with E-state index in [9.17, 15) is 0 Å². The molecular weight excluding hydrogens is 266 g/mol. The second kappa shape index (κ2) is 4.19. The van der Waals surface area contributed by atoms with Gasteiger partial charge < -0.3 is 13.6 Å². The van der Waals surface area contributed by atoms with Crippen LogP contribution in [0.25, 0.3) is 0 Å². The molecule has 1 aliphatic rings. The van der Waals surface area contributed by atoms with Gasteiger partial charge >= 0.3 is 11.9 Å². The molecule has 0 amide bonds. The summed E-state index contributed by atoms with van der Waals surface area (Å²) in [5.74, 6) is 0.911. The lowest BCUT2D eigenvalue weighted by Crippen LogP contribution is -2.15. The molecule has 3 aromatic rings. The summed E-state index contributed by atoms with van der Waals surface area (Å²) >= 11 is 0. The topological polar surface area (TPSA) is 38.8 Å². The molecule has 1 aliphatic heterocycles. The summed E-state index contributed by atoms with van der Waals surface area (Å²) in [5.41, 5.74) is 6.57. The standard InChI is InChI=1S/C17H15NO3/c1-10-8-11(2)15(12(3)9-10)18-13-4-6-19-16(13)21-17-14(18)5-7-20-17/h4-9H,1-3H3. The Kier molecular flexibility index (Phi) is 2.42. The summed E-state index contributed by atoms with van der Waals surface area (Å²) in [5, 5.41) is 0. The molecular formula is C17H15NO3. The van der Waals surface area contributed by atoms with Crippen molar-refractivity contribution in [3.8, 4) is 11.9 Å². The molecule has 4 heteroatoms. The largest absolute Gasteiger partial charge is 0.432 e. The zero-order valence-electron chi connectivity index (χ0n) is 12.1. The van der Waals surface area contributed by atoms with Crippen LogP contribution in [0.15, 0.2) is 45.6 Å². The maximum absolute atomic E-state index is 5.64. The quantitative estimate of drug-likeness (QED) is 0.470. The predicted molar refractivity (Wildman–Crippen MR) is 79.9 cm³/mol. The van der Waals surface area contributed by atoms with E-state index in [-0.39, 0.29) is 0 Å². The van der Waals surface area contributed by atoms with Crippen molar-refractivity contribution in [3.63, 3.8) is 0 Å². The molecule has 4 nitrogen and oxygen atoms in total. The van der Waals surface area contributed by atoms with Crippen LogP contribution in [-0.2, 0) is 0 Å². The summed E-state index contributed by atoms with van der Waals surface area (Å²) in [4.78, 5) is 2.13. The molecule has 0 saturated carbocycles. The fourth-order valence-electron chi connectivity index (χ4n) is 3.04. The van der Waals surface area contributed by atoms with Gasteiger partial charge in [-0.05, 0) is 31.9 Å². The third-order valence-corrected chi connectivity index (χ3v) is 3.75. The van der Waals surface area contributed by atoms with Crippen molar-refractivity contribution in [1.29, 1.82) is 0 Å². The molecule has 2 aromatic heterocycles. The van der Waals surface area contributed by atoms with E-state index in [1.807, 2.05) is 12.1 Å². The number of ether oxygens (including phenoxy) is 1. The molecule has 0 saturated heterocycles. The summed E-state index contributed by atoms with van der Waals surface area (Å²) in [7, 11) is 0. The van der Waals surface area contributed by atoms with Gasteiger partial charge in [-0.25, -0.2) is 0 Å². The average Bonchev–Trinajstić information content (AvgIpc) is 3.04. The number of nitrogens with zero attached hydrogens (tertiary/aromatic N) is 1. The number of furan rings is 2. The molecule has 0 bridgehead atoms. The van der Waals surface area contributed by atoms with Gasteiger partial charge in [0.05, 0.1) is 18.2 Å². The fourth-order valence-corrected chi connectivity index (χ4v) is 3.04. The fraction of sp³-hybridized carbons (Fsp3) is 0.176. The Hall–Kier alpha value is -2.62. The smallest absolute Gasteiger partial charge is 0.317 e. The first-order valence-corrected chi connectivity index (χ1v) is 6.86. The molecule has 1 aromatic carbocycles. The lowest BCUT2D eigenvalue weighted by atomic mass is 10.0. The molecule has 0 radical (unpaired) electrons. The summed E-state index contributed by atoms with van der Waals surface area (Å²) in [6.45, 7) is 6.34. The monoisotopic (exact) mass is 281 g/mol. The molecule has 21 heavy (non-hydrogen) atoms. The highest BCUT2D eigenvalue weighted by Gasteiger charge is 2.32. The van der Waals surface area contributed by atoms with Gasteiger partial charge in [0.1, 0.15) is 11.4 Å². The van der Waals surface area contributed by atoms with Gasteiger partial charge in [-0.3, -0.25) is 4.90 Å². The number of anilines is 3. The summed E-state index contributed by atoms with van der Waals surface area (Å²) in [6.07, 6.45) is 3.25. The van der Waals surface area contributed by atoms with Crippen LogP contribution in [0, 0.1) is 20.8 Å². The van der Waals surface area contributed by atoms with Crippen molar-refractivity contribution in [2.24, 2.45) is 0 Å². The van der Waals surface area contributed by atoms with Gasteiger partial charge in [-0.15, -0.1) is 0 Å². The second-order valence-corrected chi connectivity index (χ2v) is 5.37. The van der Waals surface area contributed by atoms with Crippen molar-refractivity contribution in [2.75, 3.05) is 4.90 Å². The van der Waals surface area contributed by atoms with E-state index < -0.39 is 0 Å². The Morgan fingerprint density at radius 1 is 0.810 bits per heavy atom. The maximum atomic E-state index is 5.64. The molecule has 106 valence electrons. The lowest BCUT2D eigenvalue weighted by molar-refractivity contribution is 0.278. The van der Waals surface area contributed by atoms with Crippen molar-refractivity contribution >= 4 is 17.1 Å². The minimum atomic E-state index is 0.455. The van der Waals surface area contributed by atoms with Crippen molar-refractivity contribution in [1.82, 2.24) is 0 Å². The molecule has 3 heterocycles. The molecule has 0 N–H and O–H groups in total. The Bertz CT molecular complexity index is 765. The Balaban J connectivity index is 2.00. The van der Waals surface area contributed by atoms with E-state index in [0.29, 0.717) is 11.9 Å². The number of hydrogen-bond acceptors (Lipinski definition) is 4. The Morgan fingerprint density at radius 3 is 1.86 bits per heavy atom. The van der Waals surface area contributed by atoms with Gasteiger partial charge in [0.25, 0.3) is 0 Å². The van der Waals surface area contributed by atoms with Crippen LogP contribution >= 0.6 is 0 Å². The normalized spacial score (nSPS) is 12.8. The van der Waals surface area contributed by atoms with Crippen LogP contribution in [0.5, 0.6) is 11.9 Å². The molecule has 0 aliphatic carbocycles. The summed E-state index contributed by atoms with van der Waals surface area (Å²) < 4.78 is 16.5.